The van der Waals surface area contributed by atoms with Crippen molar-refractivity contribution in [2.75, 3.05) is 19.7 Å². The molecule has 90 valence electrons. The first kappa shape index (κ1) is 12.8. The topological polar surface area (TPSA) is 41.5 Å². The first-order chi connectivity index (χ1) is 7.77. The van der Waals surface area contributed by atoms with E-state index in [9.17, 15) is 5.11 Å². The molecule has 0 aromatic heterocycles. The molecule has 2 N–H and O–H groups in total. The number of phenolic OH excluding ortho intramolecular Hbond substituents is 1. The molecule has 0 aliphatic carbocycles. The van der Waals surface area contributed by atoms with E-state index in [4.69, 9.17) is 4.74 Å². The fraction of sp³-hybridized carbons (Fsp3) is 0.538. The Morgan fingerprint density at radius 1 is 1.25 bits per heavy atom. The summed E-state index contributed by atoms with van der Waals surface area (Å²) in [5.41, 5.74) is 1.19. The molecule has 0 spiro atoms. The predicted molar refractivity (Wildman–Crippen MR) is 66.1 cm³/mol. The Balaban J connectivity index is 2.50. The fourth-order valence-electron chi connectivity index (χ4n) is 1.52. The number of nitrogens with one attached hydrogen (secondary N) is 1. The number of benzene rings is 1. The van der Waals surface area contributed by atoms with Gasteiger partial charge in [-0.2, -0.15) is 0 Å². The van der Waals surface area contributed by atoms with Gasteiger partial charge in [0.1, 0.15) is 0 Å². The second-order valence-corrected chi connectivity index (χ2v) is 3.74. The lowest BCUT2D eigenvalue weighted by atomic mass is 10.1. The number of hydrogen-bond acceptors (Lipinski definition) is 3. The minimum absolute atomic E-state index is 0.215. The van der Waals surface area contributed by atoms with Crippen LogP contribution in [0.25, 0.3) is 0 Å². The monoisotopic (exact) mass is 223 g/mol. The molecule has 0 heterocycles. The predicted octanol–water partition coefficient (Wildman–Crippen LogP) is 2.33. The summed E-state index contributed by atoms with van der Waals surface area (Å²) in [5, 5.41) is 12.9. The summed E-state index contributed by atoms with van der Waals surface area (Å²) >= 11 is 0. The lowest BCUT2D eigenvalue weighted by molar-refractivity contribution is 0.317. The van der Waals surface area contributed by atoms with Gasteiger partial charge in [-0.1, -0.05) is 13.0 Å². The van der Waals surface area contributed by atoms with Crippen LogP contribution in [-0.2, 0) is 6.42 Å². The molecule has 1 aromatic carbocycles. The number of hydrogen-bond donors (Lipinski definition) is 2. The van der Waals surface area contributed by atoms with E-state index in [1.165, 1.54) is 5.56 Å². The first-order valence-corrected chi connectivity index (χ1v) is 5.93. The lowest BCUT2D eigenvalue weighted by Crippen LogP contribution is -2.17. The van der Waals surface area contributed by atoms with Crippen LogP contribution in [0.5, 0.6) is 11.5 Å². The molecule has 0 bridgehead atoms. The number of rotatable bonds is 7. The van der Waals surface area contributed by atoms with Crippen molar-refractivity contribution in [1.82, 2.24) is 5.32 Å². The van der Waals surface area contributed by atoms with E-state index in [-0.39, 0.29) is 5.75 Å². The highest BCUT2D eigenvalue weighted by atomic mass is 16.5. The third-order valence-corrected chi connectivity index (χ3v) is 2.34. The second kappa shape index (κ2) is 7.12. The number of ether oxygens (including phenoxy) is 1. The molecule has 0 aliphatic rings. The Hall–Kier alpha value is -1.22. The number of aromatic hydroxyl groups is 1. The first-order valence-electron chi connectivity index (χ1n) is 5.93. The summed E-state index contributed by atoms with van der Waals surface area (Å²) in [4.78, 5) is 0. The van der Waals surface area contributed by atoms with E-state index in [0.29, 0.717) is 12.4 Å². The van der Waals surface area contributed by atoms with Crippen LogP contribution in [-0.4, -0.2) is 24.8 Å². The lowest BCUT2D eigenvalue weighted by Gasteiger charge is -2.08. The molecule has 0 saturated carbocycles. The molecule has 16 heavy (non-hydrogen) atoms. The standard InChI is InChI=1S/C13H21NO2/c1-3-8-14-9-7-11-5-6-12(15)13(10-11)16-4-2/h5-6,10,14-15H,3-4,7-9H2,1-2H3. The molecule has 0 unspecified atom stereocenters. The van der Waals surface area contributed by atoms with Crippen molar-refractivity contribution in [3.63, 3.8) is 0 Å². The molecule has 1 aromatic rings. The van der Waals surface area contributed by atoms with E-state index >= 15 is 0 Å². The van der Waals surface area contributed by atoms with Gasteiger partial charge >= 0.3 is 0 Å². The maximum Gasteiger partial charge on any atom is 0.161 e. The summed E-state index contributed by atoms with van der Waals surface area (Å²) in [5.74, 6) is 0.794. The van der Waals surface area contributed by atoms with E-state index in [1.54, 1.807) is 6.07 Å². The number of phenols is 1. The molecule has 0 saturated heterocycles. The fourth-order valence-corrected chi connectivity index (χ4v) is 1.52. The van der Waals surface area contributed by atoms with Crippen LogP contribution in [0.4, 0.5) is 0 Å². The summed E-state index contributed by atoms with van der Waals surface area (Å²) in [6.45, 7) is 6.65. The van der Waals surface area contributed by atoms with Gasteiger partial charge in [0.15, 0.2) is 11.5 Å². The zero-order valence-electron chi connectivity index (χ0n) is 10.1. The van der Waals surface area contributed by atoms with Gasteiger partial charge in [-0.3, -0.25) is 0 Å². The molecule has 0 radical (unpaired) electrons. The van der Waals surface area contributed by atoms with Crippen LogP contribution in [0.3, 0.4) is 0 Å². The average molecular weight is 223 g/mol. The van der Waals surface area contributed by atoms with Crippen LogP contribution in [0, 0.1) is 0 Å². The summed E-state index contributed by atoms with van der Waals surface area (Å²) in [7, 11) is 0. The van der Waals surface area contributed by atoms with Crippen LogP contribution in [0.15, 0.2) is 18.2 Å². The Kier molecular flexibility index (Phi) is 5.72. The van der Waals surface area contributed by atoms with Crippen LogP contribution >= 0.6 is 0 Å². The van der Waals surface area contributed by atoms with Crippen LogP contribution in [0.2, 0.25) is 0 Å². The van der Waals surface area contributed by atoms with E-state index in [0.717, 1.165) is 25.9 Å². The van der Waals surface area contributed by atoms with Gasteiger partial charge < -0.3 is 15.2 Å². The maximum absolute atomic E-state index is 9.54. The highest BCUT2D eigenvalue weighted by Crippen LogP contribution is 2.26. The molecule has 0 fully saturated rings. The van der Waals surface area contributed by atoms with Gasteiger partial charge in [0, 0.05) is 0 Å². The van der Waals surface area contributed by atoms with E-state index in [2.05, 4.69) is 12.2 Å². The van der Waals surface area contributed by atoms with Gasteiger partial charge in [0.05, 0.1) is 6.61 Å². The van der Waals surface area contributed by atoms with Gasteiger partial charge in [0.25, 0.3) is 0 Å². The summed E-state index contributed by atoms with van der Waals surface area (Å²) in [6.07, 6.45) is 2.11. The van der Waals surface area contributed by atoms with Crippen molar-refractivity contribution in [1.29, 1.82) is 0 Å². The summed E-state index contributed by atoms with van der Waals surface area (Å²) < 4.78 is 5.33. The average Bonchev–Trinajstić information content (AvgIpc) is 2.29. The van der Waals surface area contributed by atoms with Crippen molar-refractivity contribution in [3.05, 3.63) is 23.8 Å². The largest absolute Gasteiger partial charge is 0.504 e. The van der Waals surface area contributed by atoms with Crippen molar-refractivity contribution in [2.45, 2.75) is 26.7 Å². The molecule has 3 nitrogen and oxygen atoms in total. The Bertz CT molecular complexity index is 313. The van der Waals surface area contributed by atoms with Crippen LogP contribution < -0.4 is 10.1 Å². The Morgan fingerprint density at radius 2 is 2.06 bits per heavy atom. The molecule has 3 heteroatoms. The quantitative estimate of drug-likeness (QED) is 0.697. The van der Waals surface area contributed by atoms with Gasteiger partial charge in [-0.05, 0) is 50.6 Å². The normalized spacial score (nSPS) is 10.4. The van der Waals surface area contributed by atoms with Gasteiger partial charge in [0.2, 0.25) is 0 Å². The Morgan fingerprint density at radius 3 is 2.75 bits per heavy atom. The SMILES string of the molecule is CCCNCCc1ccc(O)c(OCC)c1. The van der Waals surface area contributed by atoms with Gasteiger partial charge in [-0.15, -0.1) is 0 Å². The third-order valence-electron chi connectivity index (χ3n) is 2.34. The molecule has 0 atom stereocenters. The molecule has 0 aliphatic heterocycles. The maximum atomic E-state index is 9.54. The summed E-state index contributed by atoms with van der Waals surface area (Å²) in [6, 6.07) is 5.54. The van der Waals surface area contributed by atoms with Crippen molar-refractivity contribution >= 4 is 0 Å². The van der Waals surface area contributed by atoms with Gasteiger partial charge in [-0.25, -0.2) is 0 Å². The van der Waals surface area contributed by atoms with Crippen LogP contribution in [0.1, 0.15) is 25.8 Å². The van der Waals surface area contributed by atoms with Crippen molar-refractivity contribution in [3.8, 4) is 11.5 Å². The Labute approximate surface area is 97.4 Å². The molecule has 1 rings (SSSR count). The highest BCUT2D eigenvalue weighted by Gasteiger charge is 2.02. The second-order valence-electron chi connectivity index (χ2n) is 3.74. The van der Waals surface area contributed by atoms with E-state index < -0.39 is 0 Å². The van der Waals surface area contributed by atoms with Crippen molar-refractivity contribution in [2.24, 2.45) is 0 Å². The zero-order chi connectivity index (χ0) is 11.8. The minimum atomic E-state index is 0.215. The van der Waals surface area contributed by atoms with E-state index in [1.807, 2.05) is 19.1 Å². The minimum Gasteiger partial charge on any atom is -0.504 e. The molecular weight excluding hydrogens is 202 g/mol. The zero-order valence-corrected chi connectivity index (χ0v) is 10.1. The third kappa shape index (κ3) is 4.11. The van der Waals surface area contributed by atoms with Crippen molar-refractivity contribution < 1.29 is 9.84 Å². The highest BCUT2D eigenvalue weighted by molar-refractivity contribution is 5.41. The smallest absolute Gasteiger partial charge is 0.161 e. The molecular formula is C13H21NO2. The molecule has 0 amide bonds.